The Balaban J connectivity index is 0. The van der Waals surface area contributed by atoms with Crippen LogP contribution < -0.4 is 10.6 Å². The van der Waals surface area contributed by atoms with Crippen LogP contribution in [-0.2, 0) is 9.59 Å². The highest BCUT2D eigenvalue weighted by molar-refractivity contribution is 5.76. The van der Waals surface area contributed by atoms with Crippen LogP contribution in [0.3, 0.4) is 0 Å². The van der Waals surface area contributed by atoms with E-state index in [0.29, 0.717) is 19.5 Å². The van der Waals surface area contributed by atoms with Gasteiger partial charge < -0.3 is 10.6 Å². The molecule has 84 valence electrons. The van der Waals surface area contributed by atoms with Crippen LogP contribution in [0.1, 0.15) is 40.5 Å². The highest BCUT2D eigenvalue weighted by atomic mass is 16.2. The van der Waals surface area contributed by atoms with Crippen LogP contribution in [0.15, 0.2) is 0 Å². The second-order valence-electron chi connectivity index (χ2n) is 2.58. The Labute approximate surface area is 86.5 Å². The third-order valence-electron chi connectivity index (χ3n) is 1.30. The summed E-state index contributed by atoms with van der Waals surface area (Å²) >= 11 is 0. The minimum atomic E-state index is -0.0697. The molecule has 0 unspecified atom stereocenters. The van der Waals surface area contributed by atoms with Gasteiger partial charge in [0.2, 0.25) is 11.8 Å². The highest BCUT2D eigenvalue weighted by Crippen LogP contribution is 1.83. The molecule has 14 heavy (non-hydrogen) atoms. The zero-order chi connectivity index (χ0) is 11.4. The van der Waals surface area contributed by atoms with Crippen molar-refractivity contribution in [3.05, 3.63) is 0 Å². The van der Waals surface area contributed by atoms with Gasteiger partial charge in [-0.15, -0.1) is 0 Å². The molecule has 4 nitrogen and oxygen atoms in total. The average molecular weight is 202 g/mol. The maximum absolute atomic E-state index is 10.9. The van der Waals surface area contributed by atoms with Crippen molar-refractivity contribution in [2.45, 2.75) is 40.5 Å². The summed E-state index contributed by atoms with van der Waals surface area (Å²) in [6.07, 6.45) is 1.41. The van der Waals surface area contributed by atoms with E-state index >= 15 is 0 Å². The van der Waals surface area contributed by atoms with E-state index in [1.54, 1.807) is 0 Å². The first-order valence-corrected chi connectivity index (χ1v) is 5.18. The first kappa shape index (κ1) is 15.4. The molecule has 0 aromatic carbocycles. The van der Waals surface area contributed by atoms with Crippen molar-refractivity contribution in [2.75, 3.05) is 13.1 Å². The Morgan fingerprint density at radius 1 is 1.07 bits per heavy atom. The van der Waals surface area contributed by atoms with E-state index in [4.69, 9.17) is 0 Å². The van der Waals surface area contributed by atoms with E-state index in [9.17, 15) is 9.59 Å². The van der Waals surface area contributed by atoms with Crippen molar-refractivity contribution in [3.63, 3.8) is 0 Å². The van der Waals surface area contributed by atoms with Gasteiger partial charge in [0.15, 0.2) is 0 Å². The Bertz CT molecular complexity index is 158. The molecule has 0 aliphatic heterocycles. The molecule has 0 saturated heterocycles. The molecule has 0 bridgehead atoms. The van der Waals surface area contributed by atoms with E-state index in [-0.39, 0.29) is 11.8 Å². The van der Waals surface area contributed by atoms with Gasteiger partial charge in [0.1, 0.15) is 0 Å². The fraction of sp³-hybridized carbons (Fsp3) is 0.800. The van der Waals surface area contributed by atoms with Gasteiger partial charge in [0.25, 0.3) is 0 Å². The van der Waals surface area contributed by atoms with E-state index in [2.05, 4.69) is 10.6 Å². The molecular formula is C10H22N2O2. The van der Waals surface area contributed by atoms with Crippen LogP contribution >= 0.6 is 0 Å². The molecule has 0 aliphatic carbocycles. The Kier molecular flexibility index (Phi) is 13.1. The van der Waals surface area contributed by atoms with Crippen molar-refractivity contribution in [1.29, 1.82) is 0 Å². The first-order valence-electron chi connectivity index (χ1n) is 5.18. The van der Waals surface area contributed by atoms with E-state index in [0.717, 1.165) is 6.42 Å². The van der Waals surface area contributed by atoms with Gasteiger partial charge in [0, 0.05) is 26.4 Å². The number of carbonyl (C=O) groups is 2. The number of rotatable bonds is 5. The van der Waals surface area contributed by atoms with Crippen molar-refractivity contribution in [3.8, 4) is 0 Å². The topological polar surface area (TPSA) is 58.2 Å². The lowest BCUT2D eigenvalue weighted by Crippen LogP contribution is -2.33. The number of carbonyl (C=O) groups excluding carboxylic acids is 2. The lowest BCUT2D eigenvalue weighted by molar-refractivity contribution is -0.122. The largest absolute Gasteiger partial charge is 0.355 e. The fourth-order valence-electron chi connectivity index (χ4n) is 0.756. The second-order valence-corrected chi connectivity index (χ2v) is 2.58. The summed E-state index contributed by atoms with van der Waals surface area (Å²) in [6, 6.07) is 0. The van der Waals surface area contributed by atoms with Crippen LogP contribution in [0.5, 0.6) is 0 Å². The lowest BCUT2D eigenvalue weighted by atomic mass is 10.3. The predicted molar refractivity (Wildman–Crippen MR) is 57.9 cm³/mol. The molecule has 0 radical (unpaired) electrons. The van der Waals surface area contributed by atoms with Crippen molar-refractivity contribution in [1.82, 2.24) is 10.6 Å². The summed E-state index contributed by atoms with van der Waals surface area (Å²) in [6.45, 7) is 8.42. The molecule has 0 spiro atoms. The normalized spacial score (nSPS) is 8.29. The van der Waals surface area contributed by atoms with E-state index in [1.165, 1.54) is 6.92 Å². The van der Waals surface area contributed by atoms with Gasteiger partial charge in [0.05, 0.1) is 0 Å². The van der Waals surface area contributed by atoms with Gasteiger partial charge in [-0.2, -0.15) is 0 Å². The SMILES string of the molecule is CC.CCCC(=O)NCCNC(C)=O. The van der Waals surface area contributed by atoms with Gasteiger partial charge in [-0.1, -0.05) is 20.8 Å². The van der Waals surface area contributed by atoms with Crippen molar-refractivity contribution in [2.24, 2.45) is 0 Å². The molecule has 0 atom stereocenters. The van der Waals surface area contributed by atoms with Crippen LogP contribution in [0.4, 0.5) is 0 Å². The Morgan fingerprint density at radius 2 is 1.57 bits per heavy atom. The first-order chi connectivity index (χ1) is 6.66. The smallest absolute Gasteiger partial charge is 0.220 e. The van der Waals surface area contributed by atoms with Crippen molar-refractivity contribution < 1.29 is 9.59 Å². The zero-order valence-corrected chi connectivity index (χ0v) is 9.64. The molecule has 0 aromatic rings. The van der Waals surface area contributed by atoms with Crippen LogP contribution in [0.2, 0.25) is 0 Å². The summed E-state index contributed by atoms with van der Waals surface area (Å²) < 4.78 is 0. The van der Waals surface area contributed by atoms with Crippen LogP contribution in [0.25, 0.3) is 0 Å². The molecule has 4 heteroatoms. The van der Waals surface area contributed by atoms with Crippen LogP contribution in [-0.4, -0.2) is 24.9 Å². The summed E-state index contributed by atoms with van der Waals surface area (Å²) in [7, 11) is 0. The van der Waals surface area contributed by atoms with Gasteiger partial charge >= 0.3 is 0 Å². The molecule has 0 aliphatic rings. The molecule has 0 saturated carbocycles. The number of amides is 2. The Hall–Kier alpha value is -1.06. The summed E-state index contributed by atoms with van der Waals surface area (Å²) in [4.78, 5) is 21.3. The number of hydrogen-bond donors (Lipinski definition) is 2. The van der Waals surface area contributed by atoms with Gasteiger partial charge in [-0.05, 0) is 6.42 Å². The van der Waals surface area contributed by atoms with E-state index < -0.39 is 0 Å². The molecule has 0 rings (SSSR count). The van der Waals surface area contributed by atoms with E-state index in [1.807, 2.05) is 20.8 Å². The summed E-state index contributed by atoms with van der Waals surface area (Å²) in [5.41, 5.74) is 0. The minimum Gasteiger partial charge on any atom is -0.355 e. The monoisotopic (exact) mass is 202 g/mol. The zero-order valence-electron chi connectivity index (χ0n) is 9.64. The quantitative estimate of drug-likeness (QED) is 0.655. The highest BCUT2D eigenvalue weighted by Gasteiger charge is 1.97. The maximum Gasteiger partial charge on any atom is 0.220 e. The lowest BCUT2D eigenvalue weighted by Gasteiger charge is -2.03. The van der Waals surface area contributed by atoms with Gasteiger partial charge in [-0.3, -0.25) is 9.59 Å². The Morgan fingerprint density at radius 3 is 2.00 bits per heavy atom. The summed E-state index contributed by atoms with van der Waals surface area (Å²) in [5.74, 6) is -0.0254. The minimum absolute atomic E-state index is 0.0443. The second kappa shape index (κ2) is 11.9. The molecule has 0 heterocycles. The molecular weight excluding hydrogens is 180 g/mol. The maximum atomic E-state index is 10.9. The van der Waals surface area contributed by atoms with Gasteiger partial charge in [-0.25, -0.2) is 0 Å². The fourth-order valence-corrected chi connectivity index (χ4v) is 0.756. The number of nitrogens with one attached hydrogen (secondary N) is 2. The third-order valence-corrected chi connectivity index (χ3v) is 1.30. The van der Waals surface area contributed by atoms with Crippen LogP contribution in [0, 0.1) is 0 Å². The predicted octanol–water partition coefficient (Wildman–Crippen LogP) is 1.06. The molecule has 2 amide bonds. The average Bonchev–Trinajstić information content (AvgIpc) is 2.16. The summed E-state index contributed by atoms with van der Waals surface area (Å²) in [5, 5.41) is 5.27. The molecule has 2 N–H and O–H groups in total. The third kappa shape index (κ3) is 13.5. The standard InChI is InChI=1S/C8H16N2O2.C2H6/c1-3-4-8(12)10-6-5-9-7(2)11;1-2/h3-6H2,1-2H3,(H,9,11)(H,10,12);1-2H3. The molecule has 0 fully saturated rings. The van der Waals surface area contributed by atoms with Crippen molar-refractivity contribution >= 4 is 11.8 Å². The number of hydrogen-bond acceptors (Lipinski definition) is 2. The molecule has 0 aromatic heterocycles.